The average molecular weight is 342 g/mol. The molecule has 1 heterocycles. The molecule has 1 aromatic rings. The van der Waals surface area contributed by atoms with E-state index in [9.17, 15) is 14.9 Å². The van der Waals surface area contributed by atoms with Gasteiger partial charge >= 0.3 is 0 Å². The van der Waals surface area contributed by atoms with Gasteiger partial charge in [0.05, 0.1) is 22.1 Å². The van der Waals surface area contributed by atoms with E-state index in [1.165, 1.54) is 12.5 Å². The van der Waals surface area contributed by atoms with Gasteiger partial charge in [0.25, 0.3) is 5.69 Å². The van der Waals surface area contributed by atoms with Crippen molar-refractivity contribution in [1.82, 2.24) is 4.90 Å². The minimum Gasteiger partial charge on any atom is -0.362 e. The summed E-state index contributed by atoms with van der Waals surface area (Å²) in [5.74, 6) is 0.0795. The highest BCUT2D eigenvalue weighted by molar-refractivity contribution is 5.75. The Morgan fingerprint density at radius 1 is 1.28 bits per heavy atom. The molecule has 0 aromatic heterocycles. The molecular weight excluding hydrogens is 320 g/mol. The van der Waals surface area contributed by atoms with Gasteiger partial charge in [-0.05, 0) is 25.0 Å². The molecular formula is C18H22N4O3. The van der Waals surface area contributed by atoms with Gasteiger partial charge in [-0.2, -0.15) is 5.26 Å². The van der Waals surface area contributed by atoms with Gasteiger partial charge in [-0.3, -0.25) is 14.9 Å². The Labute approximate surface area is 147 Å². The molecule has 2 aliphatic rings. The van der Waals surface area contributed by atoms with Crippen molar-refractivity contribution in [2.45, 2.75) is 44.6 Å². The minimum absolute atomic E-state index is 0.0405. The molecule has 1 saturated carbocycles. The van der Waals surface area contributed by atoms with Crippen molar-refractivity contribution < 1.29 is 9.72 Å². The molecule has 0 N–H and O–H groups in total. The van der Waals surface area contributed by atoms with E-state index in [0.29, 0.717) is 25.3 Å². The highest BCUT2D eigenvalue weighted by Crippen LogP contribution is 2.40. The number of nitro groups is 1. The maximum atomic E-state index is 12.1. The average Bonchev–Trinajstić information content (AvgIpc) is 2.61. The van der Waals surface area contributed by atoms with E-state index in [1.54, 1.807) is 19.1 Å². The maximum Gasteiger partial charge on any atom is 0.293 e. The van der Waals surface area contributed by atoms with Crippen LogP contribution in [0.5, 0.6) is 0 Å². The van der Waals surface area contributed by atoms with E-state index in [-0.39, 0.29) is 22.7 Å². The number of piperazine rings is 1. The van der Waals surface area contributed by atoms with Crippen molar-refractivity contribution >= 4 is 17.3 Å². The van der Waals surface area contributed by atoms with Gasteiger partial charge in [0.15, 0.2) is 0 Å². The van der Waals surface area contributed by atoms with Crippen LogP contribution in [0.2, 0.25) is 0 Å². The highest BCUT2D eigenvalue weighted by atomic mass is 16.6. The molecule has 1 amide bonds. The van der Waals surface area contributed by atoms with Gasteiger partial charge < -0.3 is 9.80 Å². The molecule has 0 bridgehead atoms. The molecule has 0 unspecified atom stereocenters. The Hall–Kier alpha value is -2.62. The van der Waals surface area contributed by atoms with Crippen LogP contribution in [0.15, 0.2) is 18.2 Å². The minimum atomic E-state index is -0.429. The van der Waals surface area contributed by atoms with Crippen molar-refractivity contribution in [1.29, 1.82) is 5.26 Å². The van der Waals surface area contributed by atoms with Crippen LogP contribution < -0.4 is 4.90 Å². The normalized spacial score (nSPS) is 19.5. The van der Waals surface area contributed by atoms with Crippen LogP contribution in [0.3, 0.4) is 0 Å². The summed E-state index contributed by atoms with van der Waals surface area (Å²) in [6, 6.07) is 6.57. The summed E-state index contributed by atoms with van der Waals surface area (Å²) in [4.78, 5) is 27.2. The number of rotatable bonds is 2. The zero-order chi connectivity index (χ0) is 18.0. The maximum absolute atomic E-state index is 12.1. The second-order valence-electron chi connectivity index (χ2n) is 6.95. The first-order chi connectivity index (χ1) is 12.0. The summed E-state index contributed by atoms with van der Waals surface area (Å²) >= 11 is 0. The van der Waals surface area contributed by atoms with Crippen LogP contribution in [-0.2, 0) is 4.79 Å². The van der Waals surface area contributed by atoms with Gasteiger partial charge in [-0.15, -0.1) is 0 Å². The third kappa shape index (κ3) is 3.16. The van der Waals surface area contributed by atoms with Gasteiger partial charge in [-0.25, -0.2) is 0 Å². The summed E-state index contributed by atoms with van der Waals surface area (Å²) in [5, 5.41) is 20.5. The van der Waals surface area contributed by atoms with E-state index >= 15 is 0 Å². The van der Waals surface area contributed by atoms with Crippen molar-refractivity contribution in [2.24, 2.45) is 0 Å². The molecule has 0 radical (unpaired) electrons. The van der Waals surface area contributed by atoms with E-state index < -0.39 is 4.92 Å². The number of nitrogens with zero attached hydrogens (tertiary/aromatic N) is 4. The summed E-state index contributed by atoms with van der Waals surface area (Å²) in [5.41, 5.74) is 0.549. The zero-order valence-electron chi connectivity index (χ0n) is 14.4. The molecule has 1 aliphatic carbocycles. The molecule has 25 heavy (non-hydrogen) atoms. The molecule has 0 atom stereocenters. The van der Waals surface area contributed by atoms with Crippen LogP contribution in [0, 0.1) is 21.4 Å². The molecule has 1 aliphatic heterocycles. The van der Waals surface area contributed by atoms with E-state index in [0.717, 1.165) is 25.7 Å². The first-order valence-electron chi connectivity index (χ1n) is 8.68. The lowest BCUT2D eigenvalue weighted by Crippen LogP contribution is -2.64. The van der Waals surface area contributed by atoms with Crippen molar-refractivity contribution in [3.05, 3.63) is 33.9 Å². The number of carbonyl (C=O) groups is 1. The first kappa shape index (κ1) is 17.2. The summed E-state index contributed by atoms with van der Waals surface area (Å²) in [6.45, 7) is 3.36. The van der Waals surface area contributed by atoms with E-state index in [4.69, 9.17) is 5.26 Å². The number of hydrogen-bond acceptors (Lipinski definition) is 5. The van der Waals surface area contributed by atoms with Crippen LogP contribution in [0.4, 0.5) is 11.4 Å². The van der Waals surface area contributed by atoms with E-state index in [2.05, 4.69) is 0 Å². The summed E-state index contributed by atoms with van der Waals surface area (Å²) in [7, 11) is 0. The topological polar surface area (TPSA) is 90.5 Å². The molecule has 132 valence electrons. The number of hydrogen-bond donors (Lipinski definition) is 0. The summed E-state index contributed by atoms with van der Waals surface area (Å²) in [6.07, 6.45) is 5.20. The number of nitro benzene ring substituents is 1. The first-order valence-corrected chi connectivity index (χ1v) is 8.68. The molecule has 2 fully saturated rings. The molecule has 1 spiro atoms. The van der Waals surface area contributed by atoms with Crippen LogP contribution in [-0.4, -0.2) is 40.9 Å². The fraction of sp³-hybridized carbons (Fsp3) is 0.556. The summed E-state index contributed by atoms with van der Waals surface area (Å²) < 4.78 is 0. The van der Waals surface area contributed by atoms with Gasteiger partial charge in [0.2, 0.25) is 5.91 Å². The second kappa shape index (κ2) is 6.71. The Kier molecular flexibility index (Phi) is 4.62. The lowest BCUT2D eigenvalue weighted by Gasteiger charge is -2.53. The number of amides is 1. The van der Waals surface area contributed by atoms with Crippen LogP contribution in [0.25, 0.3) is 0 Å². The second-order valence-corrected chi connectivity index (χ2v) is 6.95. The van der Waals surface area contributed by atoms with Gasteiger partial charge in [-0.1, -0.05) is 19.3 Å². The van der Waals surface area contributed by atoms with Crippen LogP contribution >= 0.6 is 0 Å². The molecule has 1 saturated heterocycles. The predicted molar refractivity (Wildman–Crippen MR) is 93.2 cm³/mol. The number of carbonyl (C=O) groups excluding carboxylic acids is 1. The highest BCUT2D eigenvalue weighted by Gasteiger charge is 2.44. The zero-order valence-corrected chi connectivity index (χ0v) is 14.4. The number of anilines is 1. The van der Waals surface area contributed by atoms with Gasteiger partial charge in [0, 0.05) is 32.6 Å². The number of nitriles is 1. The Bertz CT molecular complexity index is 734. The fourth-order valence-corrected chi connectivity index (χ4v) is 4.32. The third-order valence-corrected chi connectivity index (χ3v) is 5.46. The number of benzene rings is 1. The Balaban J connectivity index is 1.96. The lowest BCUT2D eigenvalue weighted by atomic mass is 9.78. The monoisotopic (exact) mass is 342 g/mol. The lowest BCUT2D eigenvalue weighted by molar-refractivity contribution is -0.384. The predicted octanol–water partition coefficient (Wildman–Crippen LogP) is 2.84. The standard InChI is InChI=1S/C18H22N4O3/c1-14(23)21-10-9-20(13-18(21)7-3-2-4-8-18)16-6-5-15(12-19)11-17(16)22(24)25/h5-6,11H,2-4,7-10,13H2,1H3. The van der Waals surface area contributed by atoms with Crippen LogP contribution in [0.1, 0.15) is 44.6 Å². The Morgan fingerprint density at radius 3 is 2.60 bits per heavy atom. The van der Waals surface area contributed by atoms with Crippen molar-refractivity contribution in [3.8, 4) is 6.07 Å². The molecule has 1 aromatic carbocycles. The molecule has 7 nitrogen and oxygen atoms in total. The van der Waals surface area contributed by atoms with Crippen molar-refractivity contribution in [3.63, 3.8) is 0 Å². The molecule has 3 rings (SSSR count). The SMILES string of the molecule is CC(=O)N1CCN(c2ccc(C#N)cc2[N+](=O)[O-])CC12CCCCC2. The third-order valence-electron chi connectivity index (χ3n) is 5.46. The quantitative estimate of drug-likeness (QED) is 0.609. The van der Waals surface area contributed by atoms with Crippen molar-refractivity contribution in [2.75, 3.05) is 24.5 Å². The van der Waals surface area contributed by atoms with E-state index in [1.807, 2.05) is 15.9 Å². The Morgan fingerprint density at radius 2 is 2.00 bits per heavy atom. The molecule has 7 heteroatoms. The largest absolute Gasteiger partial charge is 0.362 e. The smallest absolute Gasteiger partial charge is 0.293 e. The van der Waals surface area contributed by atoms with Gasteiger partial charge in [0.1, 0.15) is 5.69 Å². The fourth-order valence-electron chi connectivity index (χ4n) is 4.32.